The zero-order valence-electron chi connectivity index (χ0n) is 9.82. The van der Waals surface area contributed by atoms with Gasteiger partial charge in [0.25, 0.3) is 0 Å². The Hall–Kier alpha value is -1.86. The molecule has 86 valence electrons. The van der Waals surface area contributed by atoms with Gasteiger partial charge in [0.05, 0.1) is 6.20 Å². The summed E-state index contributed by atoms with van der Waals surface area (Å²) in [5.74, 6) is 0. The number of hydrogen-bond acceptors (Lipinski definition) is 4. The van der Waals surface area contributed by atoms with E-state index in [1.54, 1.807) is 6.20 Å². The van der Waals surface area contributed by atoms with Crippen LogP contribution in [0.3, 0.4) is 0 Å². The van der Waals surface area contributed by atoms with Crippen molar-refractivity contribution in [2.75, 3.05) is 5.32 Å². The summed E-state index contributed by atoms with van der Waals surface area (Å²) >= 11 is 1.38. The highest BCUT2D eigenvalue weighted by molar-refractivity contribution is 7.16. The van der Waals surface area contributed by atoms with Gasteiger partial charge in [0.2, 0.25) is 0 Å². The Morgan fingerprint density at radius 3 is 2.88 bits per heavy atom. The fraction of sp³-hybridized carbons (Fsp3) is 0.231. The van der Waals surface area contributed by atoms with Gasteiger partial charge in [0.1, 0.15) is 10.9 Å². The van der Waals surface area contributed by atoms with Crippen LogP contribution in [0.15, 0.2) is 24.4 Å². The molecule has 0 aliphatic heterocycles. The Kier molecular flexibility index (Phi) is 3.40. The predicted molar refractivity (Wildman–Crippen MR) is 70.1 cm³/mol. The van der Waals surface area contributed by atoms with Crippen LogP contribution in [0.1, 0.15) is 21.6 Å². The first-order valence-electron chi connectivity index (χ1n) is 5.35. The smallest absolute Gasteiger partial charge is 0.184 e. The second-order valence-electron chi connectivity index (χ2n) is 3.92. The first kappa shape index (κ1) is 11.6. The Morgan fingerprint density at radius 2 is 2.24 bits per heavy atom. The van der Waals surface area contributed by atoms with Gasteiger partial charge >= 0.3 is 0 Å². The first-order valence-corrected chi connectivity index (χ1v) is 6.16. The van der Waals surface area contributed by atoms with Crippen molar-refractivity contribution in [3.63, 3.8) is 0 Å². The molecule has 2 rings (SSSR count). The molecule has 0 fully saturated rings. The zero-order chi connectivity index (χ0) is 12.3. The van der Waals surface area contributed by atoms with E-state index < -0.39 is 0 Å². The molecule has 0 atom stereocenters. The molecule has 0 saturated carbocycles. The molecule has 0 saturated heterocycles. The summed E-state index contributed by atoms with van der Waals surface area (Å²) in [6.07, 6.45) is 1.59. The highest BCUT2D eigenvalue weighted by atomic mass is 32.1. The Bertz CT molecular complexity index is 566. The molecule has 0 amide bonds. The van der Waals surface area contributed by atoms with Crippen LogP contribution in [0.5, 0.6) is 0 Å². The Morgan fingerprint density at radius 1 is 1.41 bits per heavy atom. The summed E-state index contributed by atoms with van der Waals surface area (Å²) in [6.45, 7) is 4.93. The third-order valence-corrected chi connectivity index (χ3v) is 3.40. The number of hydrogen-bond donors (Lipinski definition) is 1. The van der Waals surface area contributed by atoms with Crippen LogP contribution < -0.4 is 5.32 Å². The Balaban J connectivity index is 2.05. The average Bonchev–Trinajstić information content (AvgIpc) is 2.76. The van der Waals surface area contributed by atoms with Gasteiger partial charge in [0.15, 0.2) is 5.13 Å². The number of aryl methyl sites for hydroxylation is 2. The van der Waals surface area contributed by atoms with E-state index in [0.717, 1.165) is 11.7 Å². The van der Waals surface area contributed by atoms with Crippen molar-refractivity contribution in [3.05, 3.63) is 46.0 Å². The number of aromatic nitrogens is 1. The van der Waals surface area contributed by atoms with Crippen molar-refractivity contribution in [1.29, 1.82) is 5.26 Å². The highest BCUT2D eigenvalue weighted by Gasteiger charge is 2.02. The predicted octanol–water partition coefficient (Wildman–Crippen LogP) is 3.24. The maximum absolute atomic E-state index is 8.70. The quantitative estimate of drug-likeness (QED) is 0.900. The molecule has 1 heterocycles. The third-order valence-electron chi connectivity index (χ3n) is 2.54. The zero-order valence-corrected chi connectivity index (χ0v) is 10.6. The molecular weight excluding hydrogens is 230 g/mol. The molecule has 0 spiro atoms. The minimum Gasteiger partial charge on any atom is -0.357 e. The summed E-state index contributed by atoms with van der Waals surface area (Å²) in [7, 11) is 0. The van der Waals surface area contributed by atoms with Crippen LogP contribution in [0.25, 0.3) is 0 Å². The molecule has 1 aromatic heterocycles. The highest BCUT2D eigenvalue weighted by Crippen LogP contribution is 2.18. The van der Waals surface area contributed by atoms with Crippen LogP contribution >= 0.6 is 11.3 Å². The molecule has 17 heavy (non-hydrogen) atoms. The summed E-state index contributed by atoms with van der Waals surface area (Å²) < 4.78 is 0. The lowest BCUT2D eigenvalue weighted by atomic mass is 10.1. The van der Waals surface area contributed by atoms with E-state index in [1.165, 1.54) is 28.0 Å². The minimum atomic E-state index is 0.633. The summed E-state index contributed by atoms with van der Waals surface area (Å²) in [5, 5.41) is 12.7. The van der Waals surface area contributed by atoms with Crippen LogP contribution in [0.4, 0.5) is 5.13 Å². The lowest BCUT2D eigenvalue weighted by Crippen LogP contribution is -2.00. The number of nitrogens with one attached hydrogen (secondary N) is 1. The number of nitrogens with zero attached hydrogens (tertiary/aromatic N) is 2. The fourth-order valence-corrected chi connectivity index (χ4v) is 2.23. The van der Waals surface area contributed by atoms with Crippen LogP contribution in [0.2, 0.25) is 0 Å². The van der Waals surface area contributed by atoms with Gasteiger partial charge in [-0.25, -0.2) is 4.98 Å². The van der Waals surface area contributed by atoms with Gasteiger partial charge in [-0.15, -0.1) is 0 Å². The monoisotopic (exact) mass is 243 g/mol. The minimum absolute atomic E-state index is 0.633. The van der Waals surface area contributed by atoms with E-state index in [-0.39, 0.29) is 0 Å². The lowest BCUT2D eigenvalue weighted by Gasteiger charge is -2.07. The van der Waals surface area contributed by atoms with E-state index in [1.807, 2.05) is 0 Å². The standard InChI is InChI=1S/C13H13N3S/c1-9-3-4-11(10(2)5-9)7-15-13-16-8-12(6-14)17-13/h3-5,8H,7H2,1-2H3,(H,15,16). The second-order valence-corrected chi connectivity index (χ2v) is 4.96. The van der Waals surface area contributed by atoms with Crippen molar-refractivity contribution in [2.24, 2.45) is 0 Å². The summed E-state index contributed by atoms with van der Waals surface area (Å²) in [5.41, 5.74) is 3.80. The number of anilines is 1. The van der Waals surface area contributed by atoms with Gasteiger partial charge in [-0.05, 0) is 25.0 Å². The van der Waals surface area contributed by atoms with Crippen molar-refractivity contribution >= 4 is 16.5 Å². The average molecular weight is 243 g/mol. The first-order chi connectivity index (χ1) is 8.19. The second kappa shape index (κ2) is 4.98. The SMILES string of the molecule is Cc1ccc(CNc2ncc(C#N)s2)c(C)c1. The summed E-state index contributed by atoms with van der Waals surface area (Å²) in [6, 6.07) is 8.47. The van der Waals surface area contributed by atoms with Gasteiger partial charge in [-0.3, -0.25) is 0 Å². The van der Waals surface area contributed by atoms with E-state index in [0.29, 0.717) is 4.88 Å². The van der Waals surface area contributed by atoms with Gasteiger partial charge < -0.3 is 5.32 Å². The van der Waals surface area contributed by atoms with Crippen molar-refractivity contribution in [1.82, 2.24) is 4.98 Å². The maximum Gasteiger partial charge on any atom is 0.184 e. The molecule has 4 heteroatoms. The molecule has 1 N–H and O–H groups in total. The van der Waals surface area contributed by atoms with Crippen LogP contribution in [-0.4, -0.2) is 4.98 Å². The third kappa shape index (κ3) is 2.83. The number of rotatable bonds is 3. The summed E-state index contributed by atoms with van der Waals surface area (Å²) in [4.78, 5) is 4.77. The van der Waals surface area contributed by atoms with Crippen LogP contribution in [-0.2, 0) is 6.54 Å². The number of thiazole rings is 1. The molecule has 1 aromatic carbocycles. The topological polar surface area (TPSA) is 48.7 Å². The van der Waals surface area contributed by atoms with E-state index in [4.69, 9.17) is 5.26 Å². The van der Waals surface area contributed by atoms with E-state index >= 15 is 0 Å². The van der Waals surface area contributed by atoms with Crippen molar-refractivity contribution in [3.8, 4) is 6.07 Å². The molecule has 0 aliphatic rings. The fourth-order valence-electron chi connectivity index (χ4n) is 1.62. The van der Waals surface area contributed by atoms with Gasteiger partial charge in [-0.2, -0.15) is 5.26 Å². The molecular formula is C13H13N3S. The van der Waals surface area contributed by atoms with Gasteiger partial charge in [0, 0.05) is 6.54 Å². The van der Waals surface area contributed by atoms with Gasteiger partial charge in [-0.1, -0.05) is 35.1 Å². The Labute approximate surface area is 105 Å². The van der Waals surface area contributed by atoms with Crippen molar-refractivity contribution in [2.45, 2.75) is 20.4 Å². The van der Waals surface area contributed by atoms with Crippen LogP contribution in [0, 0.1) is 25.2 Å². The molecule has 2 aromatic rings. The normalized spacial score (nSPS) is 9.94. The number of nitriles is 1. The lowest BCUT2D eigenvalue weighted by molar-refractivity contribution is 1.10. The van der Waals surface area contributed by atoms with E-state index in [2.05, 4.69) is 48.4 Å². The largest absolute Gasteiger partial charge is 0.357 e. The molecule has 0 unspecified atom stereocenters. The molecule has 0 bridgehead atoms. The van der Waals surface area contributed by atoms with Crippen molar-refractivity contribution < 1.29 is 0 Å². The molecule has 0 radical (unpaired) electrons. The molecule has 0 aliphatic carbocycles. The van der Waals surface area contributed by atoms with E-state index in [9.17, 15) is 0 Å². The maximum atomic E-state index is 8.70. The molecule has 3 nitrogen and oxygen atoms in total. The number of benzene rings is 1.